The van der Waals surface area contributed by atoms with Gasteiger partial charge in [0, 0.05) is 10.8 Å². The van der Waals surface area contributed by atoms with Crippen LogP contribution in [0.25, 0.3) is 10.8 Å². The first-order valence-corrected chi connectivity index (χ1v) is 8.97. The lowest BCUT2D eigenvalue weighted by Gasteiger charge is -2.03. The van der Waals surface area contributed by atoms with E-state index < -0.39 is 0 Å². The van der Waals surface area contributed by atoms with Crippen molar-refractivity contribution in [3.05, 3.63) is 28.5 Å². The third-order valence-corrected chi connectivity index (χ3v) is 5.07. The van der Waals surface area contributed by atoms with Crippen LogP contribution in [0.1, 0.15) is 37.6 Å². The van der Waals surface area contributed by atoms with Crippen LogP contribution in [0.3, 0.4) is 0 Å². The van der Waals surface area contributed by atoms with Gasteiger partial charge in [0.15, 0.2) is 16.0 Å². The Hall–Kier alpha value is -2.13. The van der Waals surface area contributed by atoms with Crippen LogP contribution in [-0.4, -0.2) is 31.1 Å². The summed E-state index contributed by atoms with van der Waals surface area (Å²) in [7, 11) is 0. The molecule has 3 aromatic rings. The van der Waals surface area contributed by atoms with Gasteiger partial charge in [-0.1, -0.05) is 13.8 Å². The summed E-state index contributed by atoms with van der Waals surface area (Å²) in [6.07, 6.45) is 2.67. The first kappa shape index (κ1) is 15.8. The molecule has 0 saturated carbocycles. The van der Waals surface area contributed by atoms with Crippen molar-refractivity contribution >= 4 is 33.7 Å². The fourth-order valence-corrected chi connectivity index (χ4v) is 3.52. The molecule has 0 radical (unpaired) electrons. The van der Waals surface area contributed by atoms with Gasteiger partial charge in [0.25, 0.3) is 0 Å². The fraction of sp³-hybridized carbons (Fsp3) is 0.357. The molecule has 0 bridgehead atoms. The summed E-state index contributed by atoms with van der Waals surface area (Å²) < 4.78 is 0. The van der Waals surface area contributed by atoms with Gasteiger partial charge >= 0.3 is 0 Å². The molecule has 3 aromatic heterocycles. The standard InChI is InChI=1S/C14H16N6OS2/c1-3-8(2)10-6-23-14(18-10)19-11(21)4-9-5-22-13(17-9)12-15-7-16-20-12/h5-8H,3-4H2,1-2H3,(H,15,16,20)(H,18,19,21)/t8-/m1/s1. The Morgan fingerprint density at radius 3 is 2.96 bits per heavy atom. The molecule has 23 heavy (non-hydrogen) atoms. The molecule has 1 amide bonds. The highest BCUT2D eigenvalue weighted by Gasteiger charge is 2.13. The number of rotatable bonds is 6. The molecule has 0 fully saturated rings. The Balaban J connectivity index is 1.60. The van der Waals surface area contributed by atoms with E-state index in [-0.39, 0.29) is 12.3 Å². The Labute approximate surface area is 141 Å². The zero-order valence-electron chi connectivity index (χ0n) is 12.7. The first-order valence-electron chi connectivity index (χ1n) is 7.21. The molecule has 3 rings (SSSR count). The maximum atomic E-state index is 12.1. The number of thiazole rings is 2. The second-order valence-electron chi connectivity index (χ2n) is 5.09. The highest BCUT2D eigenvalue weighted by atomic mass is 32.1. The Bertz CT molecular complexity index is 779. The molecule has 0 aliphatic heterocycles. The van der Waals surface area contributed by atoms with Crippen LogP contribution in [0.2, 0.25) is 0 Å². The van der Waals surface area contributed by atoms with Crippen molar-refractivity contribution in [2.75, 3.05) is 5.32 Å². The van der Waals surface area contributed by atoms with Gasteiger partial charge in [-0.25, -0.2) is 15.0 Å². The van der Waals surface area contributed by atoms with E-state index >= 15 is 0 Å². The van der Waals surface area contributed by atoms with E-state index in [1.54, 1.807) is 0 Å². The lowest BCUT2D eigenvalue weighted by atomic mass is 10.1. The van der Waals surface area contributed by atoms with Gasteiger partial charge in [0.1, 0.15) is 6.33 Å². The number of anilines is 1. The average Bonchev–Trinajstić information content (AvgIpc) is 3.27. The van der Waals surface area contributed by atoms with Gasteiger partial charge in [0.2, 0.25) is 5.91 Å². The summed E-state index contributed by atoms with van der Waals surface area (Å²) in [5.41, 5.74) is 1.73. The molecule has 120 valence electrons. The van der Waals surface area contributed by atoms with Gasteiger partial charge < -0.3 is 5.32 Å². The minimum Gasteiger partial charge on any atom is -0.302 e. The van der Waals surface area contributed by atoms with Gasteiger partial charge in [0.05, 0.1) is 17.8 Å². The molecule has 0 unspecified atom stereocenters. The summed E-state index contributed by atoms with van der Waals surface area (Å²) in [6, 6.07) is 0. The number of aromatic nitrogens is 5. The number of carbonyl (C=O) groups is 1. The summed E-state index contributed by atoms with van der Waals surface area (Å²) >= 11 is 2.88. The molecule has 0 aliphatic carbocycles. The van der Waals surface area contributed by atoms with Crippen LogP contribution in [0.5, 0.6) is 0 Å². The van der Waals surface area contributed by atoms with Gasteiger partial charge in [-0.2, -0.15) is 5.10 Å². The number of amides is 1. The predicted octanol–water partition coefficient (Wildman–Crippen LogP) is 3.08. The summed E-state index contributed by atoms with van der Waals surface area (Å²) in [6.45, 7) is 4.25. The number of nitrogens with zero attached hydrogens (tertiary/aromatic N) is 4. The molecular weight excluding hydrogens is 332 g/mol. The first-order chi connectivity index (χ1) is 11.2. The minimum atomic E-state index is -0.121. The third-order valence-electron chi connectivity index (χ3n) is 3.40. The maximum Gasteiger partial charge on any atom is 0.232 e. The number of aromatic amines is 1. The maximum absolute atomic E-state index is 12.1. The van der Waals surface area contributed by atoms with Crippen LogP contribution in [-0.2, 0) is 11.2 Å². The van der Waals surface area contributed by atoms with Crippen LogP contribution < -0.4 is 5.32 Å². The van der Waals surface area contributed by atoms with Crippen LogP contribution in [0.15, 0.2) is 17.1 Å². The van der Waals surface area contributed by atoms with Crippen molar-refractivity contribution in [2.24, 2.45) is 0 Å². The molecule has 2 N–H and O–H groups in total. The molecular formula is C14H16N6OS2. The van der Waals surface area contributed by atoms with E-state index in [1.807, 2.05) is 10.8 Å². The zero-order valence-corrected chi connectivity index (χ0v) is 14.4. The zero-order chi connectivity index (χ0) is 16.2. The quantitative estimate of drug-likeness (QED) is 0.713. The number of nitrogens with one attached hydrogen (secondary N) is 2. The Morgan fingerprint density at radius 2 is 2.22 bits per heavy atom. The van der Waals surface area contributed by atoms with Crippen molar-refractivity contribution in [1.29, 1.82) is 0 Å². The Morgan fingerprint density at radius 1 is 1.35 bits per heavy atom. The molecule has 1 atom stereocenters. The topological polar surface area (TPSA) is 96.5 Å². The second kappa shape index (κ2) is 6.97. The number of H-pyrrole nitrogens is 1. The number of carbonyl (C=O) groups excluding carboxylic acids is 1. The summed E-state index contributed by atoms with van der Waals surface area (Å²) in [4.78, 5) is 25.0. The van der Waals surface area contributed by atoms with E-state index in [4.69, 9.17) is 0 Å². The number of hydrogen-bond acceptors (Lipinski definition) is 7. The Kier molecular flexibility index (Phi) is 4.77. The fourth-order valence-electron chi connectivity index (χ4n) is 1.91. The van der Waals surface area contributed by atoms with E-state index in [0.29, 0.717) is 22.6 Å². The van der Waals surface area contributed by atoms with Gasteiger partial charge in [-0.3, -0.25) is 9.89 Å². The molecule has 0 spiro atoms. The molecule has 0 aromatic carbocycles. The highest BCUT2D eigenvalue weighted by Crippen LogP contribution is 2.24. The molecule has 9 heteroatoms. The lowest BCUT2D eigenvalue weighted by molar-refractivity contribution is -0.115. The molecule has 0 aliphatic rings. The molecule has 3 heterocycles. The van der Waals surface area contributed by atoms with Crippen molar-refractivity contribution in [3.63, 3.8) is 0 Å². The predicted molar refractivity (Wildman–Crippen MR) is 90.6 cm³/mol. The monoisotopic (exact) mass is 348 g/mol. The van der Waals surface area contributed by atoms with Crippen molar-refractivity contribution < 1.29 is 4.79 Å². The molecule has 0 saturated heterocycles. The third kappa shape index (κ3) is 3.80. The van der Waals surface area contributed by atoms with Crippen LogP contribution in [0, 0.1) is 0 Å². The number of hydrogen-bond donors (Lipinski definition) is 2. The van der Waals surface area contributed by atoms with Crippen molar-refractivity contribution in [3.8, 4) is 10.8 Å². The summed E-state index contributed by atoms with van der Waals surface area (Å²) in [5, 5.41) is 14.6. The average molecular weight is 348 g/mol. The highest BCUT2D eigenvalue weighted by molar-refractivity contribution is 7.14. The van der Waals surface area contributed by atoms with Gasteiger partial charge in [-0.05, 0) is 12.3 Å². The van der Waals surface area contributed by atoms with E-state index in [2.05, 4.69) is 44.3 Å². The SMILES string of the molecule is CC[C@@H](C)c1csc(NC(=O)Cc2csc(-c3ncn[nH]3)n2)n1. The van der Waals surface area contributed by atoms with Crippen molar-refractivity contribution in [2.45, 2.75) is 32.6 Å². The van der Waals surface area contributed by atoms with Crippen LogP contribution >= 0.6 is 22.7 Å². The van der Waals surface area contributed by atoms with E-state index in [9.17, 15) is 4.79 Å². The lowest BCUT2D eigenvalue weighted by Crippen LogP contribution is -2.14. The molecule has 7 nitrogen and oxygen atoms in total. The van der Waals surface area contributed by atoms with E-state index in [1.165, 1.54) is 29.0 Å². The minimum absolute atomic E-state index is 0.121. The van der Waals surface area contributed by atoms with E-state index in [0.717, 1.165) is 17.1 Å². The van der Waals surface area contributed by atoms with Gasteiger partial charge in [-0.15, -0.1) is 22.7 Å². The van der Waals surface area contributed by atoms with Crippen molar-refractivity contribution in [1.82, 2.24) is 25.1 Å². The smallest absolute Gasteiger partial charge is 0.232 e. The summed E-state index contributed by atoms with van der Waals surface area (Å²) in [5.74, 6) is 0.893. The largest absolute Gasteiger partial charge is 0.302 e. The normalized spacial score (nSPS) is 12.3. The van der Waals surface area contributed by atoms with Crippen LogP contribution in [0.4, 0.5) is 5.13 Å². The second-order valence-corrected chi connectivity index (χ2v) is 6.81.